The fourth-order valence-corrected chi connectivity index (χ4v) is 3.54. The van der Waals surface area contributed by atoms with Crippen LogP contribution in [-0.4, -0.2) is 31.2 Å². The number of amides is 2. The Morgan fingerprint density at radius 3 is 2.42 bits per heavy atom. The van der Waals surface area contributed by atoms with Gasteiger partial charge in [0.1, 0.15) is 0 Å². The Hall–Kier alpha value is -3.84. The molecule has 0 radical (unpaired) electrons. The fourth-order valence-electron chi connectivity index (χ4n) is 3.54. The molecule has 7 heteroatoms. The van der Waals surface area contributed by atoms with E-state index in [1.54, 1.807) is 44.0 Å². The third kappa shape index (κ3) is 6.11. The number of ether oxygens (including phenoxy) is 2. The number of hydroxylamine groups is 1. The van der Waals surface area contributed by atoms with E-state index in [2.05, 4.69) is 11.4 Å². The molecule has 1 unspecified atom stereocenters. The molecule has 2 aromatic rings. The van der Waals surface area contributed by atoms with E-state index in [1.165, 1.54) is 5.57 Å². The molecule has 2 aromatic carbocycles. The lowest BCUT2D eigenvalue weighted by atomic mass is 9.88. The highest BCUT2D eigenvalue weighted by atomic mass is 16.5. The number of benzene rings is 2. The van der Waals surface area contributed by atoms with Gasteiger partial charge in [-0.25, -0.2) is 5.48 Å². The minimum Gasteiger partial charge on any atom is -0.493 e. The third-order valence-corrected chi connectivity index (χ3v) is 5.45. The molecule has 0 saturated heterocycles. The number of methoxy groups -OCH3 is 2. The number of carbonyl (C=O) groups is 2. The monoisotopic (exact) mass is 448 g/mol. The molecule has 0 aliphatic heterocycles. The number of nitrogens with one attached hydrogen (secondary N) is 2. The summed E-state index contributed by atoms with van der Waals surface area (Å²) in [6.07, 6.45) is 8.79. The minimum atomic E-state index is -0.585. The van der Waals surface area contributed by atoms with Crippen LogP contribution < -0.4 is 20.3 Å². The molecule has 33 heavy (non-hydrogen) atoms. The number of hydrogen-bond acceptors (Lipinski definition) is 5. The van der Waals surface area contributed by atoms with Gasteiger partial charge in [0, 0.05) is 23.6 Å². The van der Waals surface area contributed by atoms with Crippen molar-refractivity contribution in [1.29, 1.82) is 0 Å². The lowest BCUT2D eigenvalue weighted by Crippen LogP contribution is -2.27. The van der Waals surface area contributed by atoms with Gasteiger partial charge in [-0.3, -0.25) is 14.8 Å². The summed E-state index contributed by atoms with van der Waals surface area (Å²) >= 11 is 0. The number of hydrogen-bond donors (Lipinski definition) is 3. The zero-order valence-corrected chi connectivity index (χ0v) is 18.9. The van der Waals surface area contributed by atoms with Crippen molar-refractivity contribution < 1.29 is 24.3 Å². The Morgan fingerprint density at radius 2 is 1.82 bits per heavy atom. The van der Waals surface area contributed by atoms with Crippen molar-refractivity contribution in [3.05, 3.63) is 88.5 Å². The molecule has 0 saturated carbocycles. The smallest absolute Gasteiger partial charge is 0.274 e. The van der Waals surface area contributed by atoms with Crippen LogP contribution in [0.1, 0.15) is 34.8 Å². The van der Waals surface area contributed by atoms with Crippen LogP contribution in [0.5, 0.6) is 11.5 Å². The van der Waals surface area contributed by atoms with Crippen LogP contribution in [0.25, 0.3) is 6.08 Å². The van der Waals surface area contributed by atoms with Crippen molar-refractivity contribution in [2.24, 2.45) is 5.92 Å². The predicted octanol–water partition coefficient (Wildman–Crippen LogP) is 4.05. The highest BCUT2D eigenvalue weighted by molar-refractivity contribution is 5.99. The summed E-state index contributed by atoms with van der Waals surface area (Å²) in [5.74, 6) is 0.392. The van der Waals surface area contributed by atoms with Gasteiger partial charge in [-0.1, -0.05) is 42.0 Å². The molecule has 0 aromatic heterocycles. The molecular weight excluding hydrogens is 420 g/mol. The second-order valence-corrected chi connectivity index (χ2v) is 7.68. The lowest BCUT2D eigenvalue weighted by molar-refractivity contribution is -0.118. The topological polar surface area (TPSA) is 96.9 Å². The normalized spacial score (nSPS) is 15.5. The molecule has 0 spiro atoms. The molecular formula is C26H28N2O5. The van der Waals surface area contributed by atoms with E-state index in [1.807, 2.05) is 43.4 Å². The lowest BCUT2D eigenvalue weighted by Gasteiger charge is -2.19. The summed E-state index contributed by atoms with van der Waals surface area (Å²) in [4.78, 5) is 24.7. The standard InChI is InChI=1S/C26H28N2O5/c1-17-4-9-20(10-5-17)22(14-19-8-13-23(32-2)24(15-19)33-3)26(30)27-16-18-6-11-21(12-7-18)25(29)28-31/h4-9,11-15,20,31H,10,16H2,1-3H3,(H,27,30)(H,28,29)/b22-14+. The van der Waals surface area contributed by atoms with E-state index >= 15 is 0 Å². The number of allylic oxidation sites excluding steroid dienone is 4. The van der Waals surface area contributed by atoms with Crippen LogP contribution in [0.2, 0.25) is 0 Å². The predicted molar refractivity (Wildman–Crippen MR) is 126 cm³/mol. The average Bonchev–Trinajstić information content (AvgIpc) is 2.86. The van der Waals surface area contributed by atoms with Gasteiger partial charge in [-0.05, 0) is 54.8 Å². The van der Waals surface area contributed by atoms with Gasteiger partial charge in [-0.2, -0.15) is 0 Å². The molecule has 1 aliphatic carbocycles. The van der Waals surface area contributed by atoms with Crippen molar-refractivity contribution in [3.8, 4) is 11.5 Å². The summed E-state index contributed by atoms with van der Waals surface area (Å²) in [6.45, 7) is 2.33. The van der Waals surface area contributed by atoms with Gasteiger partial charge in [0.15, 0.2) is 11.5 Å². The van der Waals surface area contributed by atoms with E-state index in [4.69, 9.17) is 14.7 Å². The van der Waals surface area contributed by atoms with E-state index < -0.39 is 5.91 Å². The van der Waals surface area contributed by atoms with Crippen molar-refractivity contribution >= 4 is 17.9 Å². The second-order valence-electron chi connectivity index (χ2n) is 7.68. The van der Waals surface area contributed by atoms with E-state index in [9.17, 15) is 9.59 Å². The average molecular weight is 449 g/mol. The zero-order chi connectivity index (χ0) is 23.8. The minimum absolute atomic E-state index is 0.0579. The van der Waals surface area contributed by atoms with Crippen LogP contribution in [0, 0.1) is 5.92 Å². The van der Waals surface area contributed by atoms with Gasteiger partial charge in [0.05, 0.1) is 14.2 Å². The van der Waals surface area contributed by atoms with Crippen LogP contribution in [0.4, 0.5) is 0 Å². The second kappa shape index (κ2) is 11.2. The summed E-state index contributed by atoms with van der Waals surface area (Å²) in [5, 5.41) is 11.7. The molecule has 0 bridgehead atoms. The molecule has 1 aliphatic rings. The maximum atomic E-state index is 13.2. The Balaban J connectivity index is 1.82. The van der Waals surface area contributed by atoms with Crippen LogP contribution >= 0.6 is 0 Å². The van der Waals surface area contributed by atoms with E-state index in [-0.39, 0.29) is 11.8 Å². The first-order chi connectivity index (χ1) is 15.9. The van der Waals surface area contributed by atoms with Gasteiger partial charge >= 0.3 is 0 Å². The molecule has 0 heterocycles. The maximum absolute atomic E-state index is 13.2. The zero-order valence-electron chi connectivity index (χ0n) is 18.9. The summed E-state index contributed by atoms with van der Waals surface area (Å²) in [7, 11) is 3.16. The van der Waals surface area contributed by atoms with Gasteiger partial charge < -0.3 is 14.8 Å². The molecule has 3 N–H and O–H groups in total. The Morgan fingerprint density at radius 1 is 1.09 bits per heavy atom. The highest BCUT2D eigenvalue weighted by Crippen LogP contribution is 2.31. The van der Waals surface area contributed by atoms with Crippen LogP contribution in [0.15, 0.2) is 71.8 Å². The maximum Gasteiger partial charge on any atom is 0.274 e. The first-order valence-electron chi connectivity index (χ1n) is 10.5. The molecule has 172 valence electrons. The van der Waals surface area contributed by atoms with Gasteiger partial charge in [0.25, 0.3) is 5.91 Å². The Labute approximate surface area is 193 Å². The Kier molecular flexibility index (Phi) is 8.05. The highest BCUT2D eigenvalue weighted by Gasteiger charge is 2.20. The van der Waals surface area contributed by atoms with Crippen molar-refractivity contribution in [2.45, 2.75) is 19.9 Å². The molecule has 7 nitrogen and oxygen atoms in total. The largest absolute Gasteiger partial charge is 0.493 e. The van der Waals surface area contributed by atoms with Crippen molar-refractivity contribution in [3.63, 3.8) is 0 Å². The summed E-state index contributed by atoms with van der Waals surface area (Å²) < 4.78 is 10.7. The Bertz CT molecular complexity index is 1100. The first kappa shape index (κ1) is 23.8. The summed E-state index contributed by atoms with van der Waals surface area (Å²) in [6, 6.07) is 12.2. The number of rotatable bonds is 8. The quantitative estimate of drug-likeness (QED) is 0.322. The van der Waals surface area contributed by atoms with Gasteiger partial charge in [0.2, 0.25) is 5.91 Å². The summed E-state index contributed by atoms with van der Waals surface area (Å²) in [5.41, 5.74) is 5.40. The SMILES string of the molecule is COc1ccc(/C=C(/C(=O)NCc2ccc(C(=O)NO)cc2)C2C=CC(C)=CC2)cc1OC. The third-order valence-electron chi connectivity index (χ3n) is 5.45. The van der Waals surface area contributed by atoms with E-state index in [0.717, 1.165) is 17.5 Å². The molecule has 2 amide bonds. The van der Waals surface area contributed by atoms with Crippen molar-refractivity contribution in [2.75, 3.05) is 14.2 Å². The number of carbonyl (C=O) groups excluding carboxylic acids is 2. The molecule has 0 fully saturated rings. The first-order valence-corrected chi connectivity index (χ1v) is 10.5. The molecule has 1 atom stereocenters. The van der Waals surface area contributed by atoms with Crippen LogP contribution in [0.3, 0.4) is 0 Å². The van der Waals surface area contributed by atoms with Crippen molar-refractivity contribution in [1.82, 2.24) is 10.8 Å². The molecule has 3 rings (SSSR count). The van der Waals surface area contributed by atoms with E-state index in [0.29, 0.717) is 29.2 Å². The van der Waals surface area contributed by atoms with Gasteiger partial charge in [-0.15, -0.1) is 0 Å². The van der Waals surface area contributed by atoms with Crippen LogP contribution in [-0.2, 0) is 11.3 Å². The fraction of sp³-hybridized carbons (Fsp3) is 0.231.